The van der Waals surface area contributed by atoms with Crippen molar-refractivity contribution in [3.05, 3.63) is 87.1 Å². The monoisotopic (exact) mass is 385 g/mol. The lowest BCUT2D eigenvalue weighted by Crippen LogP contribution is -2.05. The molecule has 116 valence electrons. The summed E-state index contributed by atoms with van der Waals surface area (Å²) in [5.41, 5.74) is 3.20. The molecule has 0 saturated heterocycles. The quantitative estimate of drug-likeness (QED) is 0.522. The molecule has 0 fully saturated rings. The van der Waals surface area contributed by atoms with Gasteiger partial charge in [-0.2, -0.15) is 0 Å². The Hall–Kier alpha value is -1.91. The second-order valence-corrected chi connectivity index (χ2v) is 6.57. The minimum atomic E-state index is 0.497. The van der Waals surface area contributed by atoms with Gasteiger partial charge in [0.2, 0.25) is 0 Å². The van der Waals surface area contributed by atoms with Gasteiger partial charge in [-0.3, -0.25) is 0 Å². The molecule has 0 N–H and O–H groups in total. The Balaban J connectivity index is 1.90. The van der Waals surface area contributed by atoms with Crippen LogP contribution in [0.3, 0.4) is 0 Å². The Bertz CT molecular complexity index is 857. The zero-order chi connectivity index (χ0) is 16.2. The van der Waals surface area contributed by atoms with Gasteiger partial charge in [-0.1, -0.05) is 58.5 Å². The van der Waals surface area contributed by atoms with Crippen LogP contribution in [0.1, 0.15) is 11.3 Å². The van der Waals surface area contributed by atoms with E-state index in [-0.39, 0.29) is 0 Å². The van der Waals surface area contributed by atoms with E-state index in [4.69, 9.17) is 17.0 Å². The van der Waals surface area contributed by atoms with Crippen LogP contribution < -0.4 is 4.74 Å². The van der Waals surface area contributed by atoms with Crippen molar-refractivity contribution < 1.29 is 4.74 Å². The van der Waals surface area contributed by atoms with Crippen LogP contribution in [-0.4, -0.2) is 4.57 Å². The van der Waals surface area contributed by atoms with Crippen molar-refractivity contribution >= 4 is 28.1 Å². The molecular formula is C19H16BrNOS. The highest BCUT2D eigenvalue weighted by Crippen LogP contribution is 2.24. The molecule has 2 aromatic carbocycles. The third-order valence-corrected chi connectivity index (χ3v) is 4.47. The first-order valence-electron chi connectivity index (χ1n) is 7.30. The molecule has 0 saturated carbocycles. The molecule has 2 nitrogen and oxygen atoms in total. The van der Waals surface area contributed by atoms with Gasteiger partial charge in [0.1, 0.15) is 6.61 Å². The second-order valence-electron chi connectivity index (χ2n) is 5.22. The fraction of sp³-hybridized carbons (Fsp3) is 0.105. The topological polar surface area (TPSA) is 14.2 Å². The molecule has 23 heavy (non-hydrogen) atoms. The van der Waals surface area contributed by atoms with E-state index in [0.717, 1.165) is 31.7 Å². The van der Waals surface area contributed by atoms with Gasteiger partial charge in [0.15, 0.2) is 5.75 Å². The standard InChI is InChI=1S/C19H16BrNOS/c1-14-19(22-13-15-7-9-16(20)10-8-15)18(23)11-12-21(14)17-5-3-2-4-6-17/h2-12H,13H2,1H3. The van der Waals surface area contributed by atoms with E-state index in [1.54, 1.807) is 0 Å². The molecule has 1 heterocycles. The number of nitrogens with zero attached hydrogens (tertiary/aromatic N) is 1. The van der Waals surface area contributed by atoms with E-state index in [2.05, 4.69) is 32.6 Å². The first-order valence-corrected chi connectivity index (χ1v) is 8.50. The number of para-hydroxylation sites is 1. The molecule has 0 amide bonds. The average Bonchev–Trinajstić information content (AvgIpc) is 2.57. The van der Waals surface area contributed by atoms with Crippen molar-refractivity contribution in [2.75, 3.05) is 0 Å². The maximum Gasteiger partial charge on any atom is 0.157 e. The molecular weight excluding hydrogens is 370 g/mol. The summed E-state index contributed by atoms with van der Waals surface area (Å²) in [7, 11) is 0. The Morgan fingerprint density at radius 1 is 1.00 bits per heavy atom. The van der Waals surface area contributed by atoms with Crippen molar-refractivity contribution in [1.82, 2.24) is 4.57 Å². The predicted octanol–water partition coefficient (Wildman–Crippen LogP) is 5.86. The molecule has 0 bridgehead atoms. The van der Waals surface area contributed by atoms with E-state index in [9.17, 15) is 0 Å². The summed E-state index contributed by atoms with van der Waals surface area (Å²) in [5, 5.41) is 0. The van der Waals surface area contributed by atoms with Crippen LogP contribution in [0, 0.1) is 11.4 Å². The summed E-state index contributed by atoms with van der Waals surface area (Å²) in [6, 6.07) is 20.2. The summed E-state index contributed by atoms with van der Waals surface area (Å²) in [6.45, 7) is 2.52. The van der Waals surface area contributed by atoms with E-state index in [1.165, 1.54) is 0 Å². The van der Waals surface area contributed by atoms with Crippen molar-refractivity contribution in [3.63, 3.8) is 0 Å². The summed E-state index contributed by atoms with van der Waals surface area (Å²) < 4.78 is 9.89. The SMILES string of the molecule is Cc1c(OCc2ccc(Br)cc2)c(=S)ccn1-c1ccccc1. The Morgan fingerprint density at radius 2 is 1.70 bits per heavy atom. The fourth-order valence-corrected chi connectivity index (χ4v) is 2.93. The molecule has 0 aliphatic heterocycles. The number of ether oxygens (including phenoxy) is 1. The average molecular weight is 386 g/mol. The maximum absolute atomic E-state index is 6.02. The summed E-state index contributed by atoms with van der Waals surface area (Å²) >= 11 is 8.88. The molecule has 3 rings (SSSR count). The van der Waals surface area contributed by atoms with Crippen molar-refractivity contribution in [1.29, 1.82) is 0 Å². The molecule has 0 spiro atoms. The maximum atomic E-state index is 6.02. The molecule has 4 heteroatoms. The highest BCUT2D eigenvalue weighted by atomic mass is 79.9. The van der Waals surface area contributed by atoms with Crippen molar-refractivity contribution in [2.45, 2.75) is 13.5 Å². The lowest BCUT2D eigenvalue weighted by atomic mass is 10.2. The highest BCUT2D eigenvalue weighted by molar-refractivity contribution is 9.10. The van der Waals surface area contributed by atoms with Gasteiger partial charge in [0, 0.05) is 16.4 Å². The van der Waals surface area contributed by atoms with Crippen LogP contribution >= 0.6 is 28.1 Å². The van der Waals surface area contributed by atoms with Gasteiger partial charge in [-0.25, -0.2) is 0 Å². The van der Waals surface area contributed by atoms with Gasteiger partial charge < -0.3 is 9.30 Å². The van der Waals surface area contributed by atoms with Gasteiger partial charge >= 0.3 is 0 Å². The third-order valence-electron chi connectivity index (χ3n) is 3.62. The molecule has 0 unspecified atom stereocenters. The van der Waals surface area contributed by atoms with E-state index < -0.39 is 0 Å². The fourth-order valence-electron chi connectivity index (χ4n) is 2.40. The Labute approximate surface area is 149 Å². The first kappa shape index (κ1) is 16.0. The number of pyridine rings is 1. The molecule has 0 aliphatic rings. The Kier molecular flexibility index (Phi) is 4.94. The summed E-state index contributed by atoms with van der Waals surface area (Å²) in [5.74, 6) is 0.759. The van der Waals surface area contributed by atoms with Gasteiger partial charge in [-0.05, 0) is 42.8 Å². The van der Waals surface area contributed by atoms with Gasteiger partial charge in [-0.15, -0.1) is 0 Å². The van der Waals surface area contributed by atoms with Crippen LogP contribution in [0.5, 0.6) is 5.75 Å². The van der Waals surface area contributed by atoms with E-state index in [0.29, 0.717) is 6.61 Å². The van der Waals surface area contributed by atoms with Crippen LogP contribution in [0.4, 0.5) is 0 Å². The first-order chi connectivity index (χ1) is 11.1. The number of benzene rings is 2. The van der Waals surface area contributed by atoms with Crippen LogP contribution in [0.15, 0.2) is 71.3 Å². The van der Waals surface area contributed by atoms with Gasteiger partial charge in [0.05, 0.1) is 10.2 Å². The molecule has 0 aliphatic carbocycles. The number of hydrogen-bond acceptors (Lipinski definition) is 2. The van der Waals surface area contributed by atoms with Crippen LogP contribution in [-0.2, 0) is 6.61 Å². The second kappa shape index (κ2) is 7.11. The van der Waals surface area contributed by atoms with Crippen LogP contribution in [0.2, 0.25) is 0 Å². The largest absolute Gasteiger partial charge is 0.486 e. The van der Waals surface area contributed by atoms with Crippen molar-refractivity contribution in [3.8, 4) is 11.4 Å². The predicted molar refractivity (Wildman–Crippen MR) is 99.8 cm³/mol. The summed E-state index contributed by atoms with van der Waals surface area (Å²) in [4.78, 5) is 0. The smallest absolute Gasteiger partial charge is 0.157 e. The van der Waals surface area contributed by atoms with Gasteiger partial charge in [0.25, 0.3) is 0 Å². The minimum Gasteiger partial charge on any atom is -0.486 e. The number of rotatable bonds is 4. The number of aromatic nitrogens is 1. The number of halogens is 1. The molecule has 0 atom stereocenters. The van der Waals surface area contributed by atoms with E-state index in [1.807, 2.05) is 61.7 Å². The highest BCUT2D eigenvalue weighted by Gasteiger charge is 2.08. The normalized spacial score (nSPS) is 10.5. The number of hydrogen-bond donors (Lipinski definition) is 0. The Morgan fingerprint density at radius 3 is 2.39 bits per heavy atom. The molecule has 1 aromatic heterocycles. The summed E-state index contributed by atoms with van der Waals surface area (Å²) in [6.07, 6.45) is 1.99. The molecule has 0 radical (unpaired) electrons. The van der Waals surface area contributed by atoms with Crippen LogP contribution in [0.25, 0.3) is 5.69 Å². The lowest BCUT2D eigenvalue weighted by molar-refractivity contribution is 0.300. The zero-order valence-electron chi connectivity index (χ0n) is 12.7. The minimum absolute atomic E-state index is 0.497. The third kappa shape index (κ3) is 3.71. The zero-order valence-corrected chi connectivity index (χ0v) is 15.1. The molecule has 3 aromatic rings. The van der Waals surface area contributed by atoms with E-state index >= 15 is 0 Å². The van der Waals surface area contributed by atoms with Crippen molar-refractivity contribution in [2.24, 2.45) is 0 Å². The lowest BCUT2D eigenvalue weighted by Gasteiger charge is -2.16.